The number of thiazole rings is 1. The third kappa shape index (κ3) is 4.39. The second-order valence-electron chi connectivity index (χ2n) is 6.43. The van der Waals surface area contributed by atoms with Crippen LogP contribution < -0.4 is 4.74 Å². The number of pyridine rings is 1. The van der Waals surface area contributed by atoms with Crippen LogP contribution in [0.1, 0.15) is 26.6 Å². The molecule has 1 aromatic carbocycles. The maximum Gasteiger partial charge on any atom is 0.337 e. The lowest BCUT2D eigenvalue weighted by molar-refractivity contribution is 0.0696. The molecule has 0 aliphatic heterocycles. The summed E-state index contributed by atoms with van der Waals surface area (Å²) < 4.78 is 5.57. The highest BCUT2D eigenvalue weighted by Gasteiger charge is 2.15. The van der Waals surface area contributed by atoms with Crippen molar-refractivity contribution in [3.63, 3.8) is 0 Å². The second-order valence-corrected chi connectivity index (χ2v) is 7.51. The number of carbonyl (C=O) groups is 1. The summed E-state index contributed by atoms with van der Waals surface area (Å²) in [5.41, 5.74) is 2.91. The van der Waals surface area contributed by atoms with E-state index in [4.69, 9.17) is 9.72 Å². The average Bonchev–Trinajstić information content (AvgIpc) is 3.18. The molecule has 4 aromatic rings. The maximum atomic E-state index is 11.3. The van der Waals surface area contributed by atoms with Gasteiger partial charge in [0.05, 0.1) is 33.1 Å². The molecule has 0 aliphatic carbocycles. The predicted molar refractivity (Wildman–Crippen MR) is 114 cm³/mol. The second kappa shape index (κ2) is 8.69. The Morgan fingerprint density at radius 3 is 2.65 bits per heavy atom. The van der Waals surface area contributed by atoms with Crippen LogP contribution in [-0.2, 0) is 6.61 Å². The van der Waals surface area contributed by atoms with Crippen molar-refractivity contribution in [1.82, 2.24) is 19.9 Å². The number of aryl methyl sites for hydroxylation is 1. The van der Waals surface area contributed by atoms with Gasteiger partial charge in [0.1, 0.15) is 17.7 Å². The number of benzene rings is 1. The zero-order chi connectivity index (χ0) is 21.8. The van der Waals surface area contributed by atoms with E-state index in [1.165, 1.54) is 23.5 Å². The van der Waals surface area contributed by atoms with Crippen LogP contribution in [0.15, 0.2) is 54.9 Å². The van der Waals surface area contributed by atoms with Crippen LogP contribution in [0.4, 0.5) is 0 Å². The number of ether oxygens (including phenoxy) is 1. The molecule has 152 valence electrons. The molecule has 1 N–H and O–H groups in total. The summed E-state index contributed by atoms with van der Waals surface area (Å²) in [5, 5.41) is 19.3. The van der Waals surface area contributed by atoms with E-state index in [-0.39, 0.29) is 23.7 Å². The lowest BCUT2D eigenvalue weighted by Crippen LogP contribution is -2.00. The molecule has 0 bridgehead atoms. The van der Waals surface area contributed by atoms with E-state index in [9.17, 15) is 15.2 Å². The lowest BCUT2D eigenvalue weighted by Gasteiger charge is -2.06. The SMILES string of the molecule is Cc1nc(COc2ncccn2)sc1-c1cccc(-c2ccc(C(=O)O)c(C#N)c2)n1. The van der Waals surface area contributed by atoms with Crippen molar-refractivity contribution in [2.24, 2.45) is 0 Å². The molecule has 9 heteroatoms. The smallest absolute Gasteiger partial charge is 0.337 e. The maximum absolute atomic E-state index is 11.3. The molecule has 0 aliphatic rings. The van der Waals surface area contributed by atoms with Crippen molar-refractivity contribution in [2.45, 2.75) is 13.5 Å². The Bertz CT molecular complexity index is 1300. The van der Waals surface area contributed by atoms with Gasteiger partial charge in [0, 0.05) is 18.0 Å². The highest BCUT2D eigenvalue weighted by Crippen LogP contribution is 2.31. The van der Waals surface area contributed by atoms with E-state index >= 15 is 0 Å². The topological polar surface area (TPSA) is 122 Å². The van der Waals surface area contributed by atoms with Gasteiger partial charge in [-0.15, -0.1) is 11.3 Å². The quantitative estimate of drug-likeness (QED) is 0.486. The van der Waals surface area contributed by atoms with Crippen molar-refractivity contribution in [3.05, 3.63) is 76.7 Å². The van der Waals surface area contributed by atoms with Crippen molar-refractivity contribution < 1.29 is 14.6 Å². The van der Waals surface area contributed by atoms with Crippen LogP contribution in [0.25, 0.3) is 21.8 Å². The summed E-state index contributed by atoms with van der Waals surface area (Å²) in [7, 11) is 0. The summed E-state index contributed by atoms with van der Waals surface area (Å²) in [6, 6.07) is 14.1. The fourth-order valence-electron chi connectivity index (χ4n) is 2.94. The number of hydrogen-bond acceptors (Lipinski definition) is 8. The van der Waals surface area contributed by atoms with Crippen LogP contribution in [0.5, 0.6) is 6.01 Å². The summed E-state index contributed by atoms with van der Waals surface area (Å²) in [4.78, 5) is 29.5. The molecular weight excluding hydrogens is 414 g/mol. The van der Waals surface area contributed by atoms with E-state index in [1.54, 1.807) is 24.5 Å². The van der Waals surface area contributed by atoms with Crippen molar-refractivity contribution in [1.29, 1.82) is 5.26 Å². The molecule has 0 amide bonds. The number of aromatic nitrogens is 4. The summed E-state index contributed by atoms with van der Waals surface area (Å²) in [5.74, 6) is -1.14. The van der Waals surface area contributed by atoms with Crippen LogP contribution in [0, 0.1) is 18.3 Å². The zero-order valence-corrected chi connectivity index (χ0v) is 17.1. The van der Waals surface area contributed by atoms with Gasteiger partial charge in [-0.1, -0.05) is 12.1 Å². The molecule has 0 atom stereocenters. The van der Waals surface area contributed by atoms with Gasteiger partial charge < -0.3 is 9.84 Å². The van der Waals surface area contributed by atoms with E-state index in [2.05, 4.69) is 15.0 Å². The van der Waals surface area contributed by atoms with E-state index in [0.717, 1.165) is 21.3 Å². The molecule has 0 saturated carbocycles. The van der Waals surface area contributed by atoms with E-state index in [1.807, 2.05) is 31.2 Å². The summed E-state index contributed by atoms with van der Waals surface area (Å²) in [6.45, 7) is 2.15. The number of nitriles is 1. The number of nitrogens with zero attached hydrogens (tertiary/aromatic N) is 5. The Labute approximate surface area is 181 Å². The van der Waals surface area contributed by atoms with Gasteiger partial charge in [-0.25, -0.2) is 24.7 Å². The molecule has 0 fully saturated rings. The van der Waals surface area contributed by atoms with Crippen LogP contribution in [0.2, 0.25) is 0 Å². The summed E-state index contributed by atoms with van der Waals surface area (Å²) in [6.07, 6.45) is 3.22. The monoisotopic (exact) mass is 429 g/mol. The standard InChI is InChI=1S/C22H15N5O3S/c1-13-20(31-19(26-13)12-30-22-24-8-3-9-25-22)18-5-2-4-17(27-18)14-6-7-16(21(28)29)15(10-14)11-23/h2-10H,12H2,1H3,(H,28,29). The molecule has 3 aromatic heterocycles. The Hall–Kier alpha value is -4.16. The molecule has 0 saturated heterocycles. The largest absolute Gasteiger partial charge is 0.478 e. The van der Waals surface area contributed by atoms with E-state index < -0.39 is 5.97 Å². The van der Waals surface area contributed by atoms with Gasteiger partial charge in [-0.3, -0.25) is 0 Å². The number of hydrogen-bond donors (Lipinski definition) is 1. The highest BCUT2D eigenvalue weighted by molar-refractivity contribution is 7.15. The molecule has 31 heavy (non-hydrogen) atoms. The molecule has 0 spiro atoms. The number of rotatable bonds is 6. The van der Waals surface area contributed by atoms with Crippen molar-refractivity contribution >= 4 is 17.3 Å². The first-order valence-electron chi connectivity index (χ1n) is 9.16. The van der Waals surface area contributed by atoms with Gasteiger partial charge in [0.15, 0.2) is 0 Å². The molecule has 0 unspecified atom stereocenters. The van der Waals surface area contributed by atoms with Gasteiger partial charge in [-0.2, -0.15) is 5.26 Å². The minimum atomic E-state index is -1.14. The third-order valence-electron chi connectivity index (χ3n) is 4.36. The average molecular weight is 429 g/mol. The fourth-order valence-corrected chi connectivity index (χ4v) is 3.89. The molecular formula is C22H15N5O3S. The van der Waals surface area contributed by atoms with Crippen molar-refractivity contribution in [2.75, 3.05) is 0 Å². The normalized spacial score (nSPS) is 10.5. The summed E-state index contributed by atoms with van der Waals surface area (Å²) >= 11 is 1.47. The zero-order valence-electron chi connectivity index (χ0n) is 16.3. The first-order chi connectivity index (χ1) is 15.0. The Kier molecular flexibility index (Phi) is 5.64. The van der Waals surface area contributed by atoms with Gasteiger partial charge >= 0.3 is 12.0 Å². The molecule has 4 rings (SSSR count). The van der Waals surface area contributed by atoms with Crippen molar-refractivity contribution in [3.8, 4) is 33.9 Å². The Morgan fingerprint density at radius 2 is 1.90 bits per heavy atom. The van der Waals surface area contributed by atoms with E-state index in [0.29, 0.717) is 11.3 Å². The van der Waals surface area contributed by atoms with Crippen LogP contribution in [0.3, 0.4) is 0 Å². The van der Waals surface area contributed by atoms with Crippen LogP contribution in [-0.4, -0.2) is 31.0 Å². The van der Waals surface area contributed by atoms with Gasteiger partial charge in [-0.05, 0) is 37.3 Å². The minimum absolute atomic E-state index is 0.0345. The molecule has 8 nitrogen and oxygen atoms in total. The van der Waals surface area contributed by atoms with Crippen LogP contribution >= 0.6 is 11.3 Å². The first kappa shape index (κ1) is 20.1. The van der Waals surface area contributed by atoms with Gasteiger partial charge in [0.25, 0.3) is 0 Å². The van der Waals surface area contributed by atoms with Gasteiger partial charge in [0.2, 0.25) is 0 Å². The number of carboxylic acids is 1. The first-order valence-corrected chi connectivity index (χ1v) is 9.98. The third-order valence-corrected chi connectivity index (χ3v) is 5.51. The predicted octanol–water partition coefficient (Wildman–Crippen LogP) is 4.12. The Balaban J connectivity index is 1.61. The highest BCUT2D eigenvalue weighted by atomic mass is 32.1. The molecule has 0 radical (unpaired) electrons. The number of carboxylic acid groups (broad SMARTS) is 1. The number of aromatic carboxylic acids is 1. The fraction of sp³-hybridized carbons (Fsp3) is 0.0909. The Morgan fingerprint density at radius 1 is 1.13 bits per heavy atom. The lowest BCUT2D eigenvalue weighted by atomic mass is 10.0. The minimum Gasteiger partial charge on any atom is -0.478 e. The molecule has 3 heterocycles.